The Kier molecular flexibility index (Phi) is 2.89. The van der Waals surface area contributed by atoms with Crippen LogP contribution in [0.5, 0.6) is 0 Å². The van der Waals surface area contributed by atoms with Gasteiger partial charge in [-0.1, -0.05) is 19.8 Å². The Hall–Kier alpha value is -0.0800. The highest BCUT2D eigenvalue weighted by Gasteiger charge is 2.30. The molecular weight excluding hydrogens is 162 g/mol. The van der Waals surface area contributed by atoms with Crippen LogP contribution in [0.1, 0.15) is 45.4 Å². The number of nitrogens with two attached hydrogens (primary N) is 1. The van der Waals surface area contributed by atoms with Gasteiger partial charge in [0.1, 0.15) is 0 Å². The van der Waals surface area contributed by atoms with Crippen molar-refractivity contribution in [3.05, 3.63) is 0 Å². The van der Waals surface area contributed by atoms with Gasteiger partial charge in [0.15, 0.2) is 0 Å². The van der Waals surface area contributed by atoms with E-state index in [0.29, 0.717) is 18.2 Å². The van der Waals surface area contributed by atoms with Crippen molar-refractivity contribution in [2.45, 2.75) is 63.7 Å². The molecule has 2 fully saturated rings. The van der Waals surface area contributed by atoms with Crippen LogP contribution in [-0.2, 0) is 4.74 Å². The molecule has 76 valence electrons. The topological polar surface area (TPSA) is 35.2 Å². The molecule has 13 heavy (non-hydrogen) atoms. The van der Waals surface area contributed by atoms with Crippen LogP contribution in [0.3, 0.4) is 0 Å². The lowest BCUT2D eigenvalue weighted by Crippen LogP contribution is -2.43. The van der Waals surface area contributed by atoms with Gasteiger partial charge in [-0.2, -0.15) is 0 Å². The molecule has 0 spiro atoms. The molecule has 0 heterocycles. The van der Waals surface area contributed by atoms with Crippen molar-refractivity contribution in [3.63, 3.8) is 0 Å². The monoisotopic (exact) mass is 183 g/mol. The standard InChI is InChI=1S/C11H21NO/c1-8-3-2-4-10(5-8)13-11-6-9(12)7-11/h8-11H,2-7,12H2,1H3. The minimum absolute atomic E-state index is 0.422. The third-order valence-electron chi connectivity index (χ3n) is 3.40. The molecule has 2 unspecified atom stereocenters. The first kappa shape index (κ1) is 9.47. The Balaban J connectivity index is 1.69. The van der Waals surface area contributed by atoms with Crippen LogP contribution < -0.4 is 5.73 Å². The van der Waals surface area contributed by atoms with E-state index in [1.807, 2.05) is 0 Å². The summed E-state index contributed by atoms with van der Waals surface area (Å²) in [5, 5.41) is 0. The summed E-state index contributed by atoms with van der Waals surface area (Å²) >= 11 is 0. The van der Waals surface area contributed by atoms with Crippen LogP contribution in [0, 0.1) is 5.92 Å². The van der Waals surface area contributed by atoms with Crippen LogP contribution >= 0.6 is 0 Å². The lowest BCUT2D eigenvalue weighted by Gasteiger charge is -2.37. The first-order chi connectivity index (χ1) is 6.24. The van der Waals surface area contributed by atoms with Crippen LogP contribution in [0.15, 0.2) is 0 Å². The third kappa shape index (κ3) is 2.44. The maximum Gasteiger partial charge on any atom is 0.0608 e. The third-order valence-corrected chi connectivity index (χ3v) is 3.40. The predicted octanol–water partition coefficient (Wildman–Crippen LogP) is 2.07. The molecule has 0 saturated heterocycles. The van der Waals surface area contributed by atoms with Gasteiger partial charge in [0.05, 0.1) is 12.2 Å². The molecule has 2 aliphatic carbocycles. The molecule has 0 aliphatic heterocycles. The van der Waals surface area contributed by atoms with Crippen LogP contribution in [-0.4, -0.2) is 18.2 Å². The summed E-state index contributed by atoms with van der Waals surface area (Å²) in [5.74, 6) is 0.868. The zero-order valence-electron chi connectivity index (χ0n) is 8.54. The van der Waals surface area contributed by atoms with E-state index in [9.17, 15) is 0 Å². The first-order valence-electron chi connectivity index (χ1n) is 5.65. The molecule has 0 amide bonds. The number of hydrogen-bond donors (Lipinski definition) is 1. The van der Waals surface area contributed by atoms with Crippen molar-refractivity contribution < 1.29 is 4.74 Å². The molecule has 2 nitrogen and oxygen atoms in total. The zero-order valence-corrected chi connectivity index (χ0v) is 8.54. The van der Waals surface area contributed by atoms with Crippen LogP contribution in [0.4, 0.5) is 0 Å². The molecule has 0 radical (unpaired) electrons. The van der Waals surface area contributed by atoms with Gasteiger partial charge in [-0.25, -0.2) is 0 Å². The summed E-state index contributed by atoms with van der Waals surface area (Å²) in [6.07, 6.45) is 8.50. The van der Waals surface area contributed by atoms with E-state index < -0.39 is 0 Å². The molecule has 0 bridgehead atoms. The van der Waals surface area contributed by atoms with Gasteiger partial charge >= 0.3 is 0 Å². The number of hydrogen-bond acceptors (Lipinski definition) is 2. The Bertz CT molecular complexity index is 165. The summed E-state index contributed by atoms with van der Waals surface area (Å²) in [4.78, 5) is 0. The lowest BCUT2D eigenvalue weighted by molar-refractivity contribution is -0.0777. The van der Waals surface area contributed by atoms with E-state index in [0.717, 1.165) is 18.8 Å². The lowest BCUT2D eigenvalue weighted by atomic mass is 9.86. The smallest absolute Gasteiger partial charge is 0.0608 e. The molecule has 0 aromatic heterocycles. The van der Waals surface area contributed by atoms with Gasteiger partial charge in [-0.05, 0) is 31.6 Å². The number of ether oxygens (including phenoxy) is 1. The molecule has 2 saturated carbocycles. The van der Waals surface area contributed by atoms with Crippen molar-refractivity contribution in [1.29, 1.82) is 0 Å². The maximum absolute atomic E-state index is 5.99. The van der Waals surface area contributed by atoms with E-state index in [1.165, 1.54) is 25.7 Å². The van der Waals surface area contributed by atoms with E-state index in [-0.39, 0.29) is 0 Å². The zero-order chi connectivity index (χ0) is 9.26. The SMILES string of the molecule is CC1CCCC(OC2CC(N)C2)C1. The Labute approximate surface area is 80.8 Å². The maximum atomic E-state index is 5.99. The summed E-state index contributed by atoms with van der Waals surface area (Å²) in [7, 11) is 0. The van der Waals surface area contributed by atoms with Crippen LogP contribution in [0.2, 0.25) is 0 Å². The molecular formula is C11H21NO. The minimum Gasteiger partial charge on any atom is -0.375 e. The Morgan fingerprint density at radius 1 is 1.08 bits per heavy atom. The van der Waals surface area contributed by atoms with Gasteiger partial charge in [0, 0.05) is 6.04 Å². The van der Waals surface area contributed by atoms with E-state index in [2.05, 4.69) is 6.92 Å². The highest BCUT2D eigenvalue weighted by molar-refractivity contribution is 4.84. The summed E-state index contributed by atoms with van der Waals surface area (Å²) in [6, 6.07) is 0.422. The van der Waals surface area contributed by atoms with Crippen molar-refractivity contribution >= 4 is 0 Å². The highest BCUT2D eigenvalue weighted by Crippen LogP contribution is 2.30. The van der Waals surface area contributed by atoms with Gasteiger partial charge in [0.2, 0.25) is 0 Å². The summed E-state index contributed by atoms with van der Waals surface area (Å²) in [5.41, 5.74) is 5.72. The predicted molar refractivity (Wildman–Crippen MR) is 53.5 cm³/mol. The number of rotatable bonds is 2. The van der Waals surface area contributed by atoms with Crippen molar-refractivity contribution in [1.82, 2.24) is 0 Å². The normalized spacial score (nSPS) is 45.7. The fourth-order valence-corrected chi connectivity index (χ4v) is 2.49. The van der Waals surface area contributed by atoms with Gasteiger partial charge in [-0.15, -0.1) is 0 Å². The Morgan fingerprint density at radius 3 is 2.46 bits per heavy atom. The molecule has 2 rings (SSSR count). The minimum atomic E-state index is 0.422. The van der Waals surface area contributed by atoms with Crippen molar-refractivity contribution in [2.75, 3.05) is 0 Å². The van der Waals surface area contributed by atoms with Crippen LogP contribution in [0.25, 0.3) is 0 Å². The second-order valence-electron chi connectivity index (χ2n) is 4.88. The first-order valence-corrected chi connectivity index (χ1v) is 5.65. The highest BCUT2D eigenvalue weighted by atomic mass is 16.5. The van der Waals surface area contributed by atoms with Gasteiger partial charge in [-0.3, -0.25) is 0 Å². The van der Waals surface area contributed by atoms with Gasteiger partial charge < -0.3 is 10.5 Å². The second kappa shape index (κ2) is 3.97. The van der Waals surface area contributed by atoms with E-state index in [1.54, 1.807) is 0 Å². The van der Waals surface area contributed by atoms with Crippen molar-refractivity contribution in [3.8, 4) is 0 Å². The second-order valence-corrected chi connectivity index (χ2v) is 4.88. The van der Waals surface area contributed by atoms with Crippen molar-refractivity contribution in [2.24, 2.45) is 11.7 Å². The fraction of sp³-hybridized carbons (Fsp3) is 1.00. The van der Waals surface area contributed by atoms with E-state index in [4.69, 9.17) is 10.5 Å². The fourth-order valence-electron chi connectivity index (χ4n) is 2.49. The molecule has 2 aliphatic rings. The Morgan fingerprint density at radius 2 is 1.85 bits per heavy atom. The summed E-state index contributed by atoms with van der Waals surface area (Å²) < 4.78 is 5.99. The largest absolute Gasteiger partial charge is 0.375 e. The molecule has 2 atom stereocenters. The molecule has 0 aromatic carbocycles. The quantitative estimate of drug-likeness (QED) is 0.711. The average Bonchev–Trinajstić information content (AvgIpc) is 2.01. The van der Waals surface area contributed by atoms with Gasteiger partial charge in [0.25, 0.3) is 0 Å². The molecule has 2 N–H and O–H groups in total. The average molecular weight is 183 g/mol. The molecule has 0 aromatic rings. The van der Waals surface area contributed by atoms with E-state index >= 15 is 0 Å². The summed E-state index contributed by atoms with van der Waals surface area (Å²) in [6.45, 7) is 2.34. The molecule has 2 heteroatoms.